The Morgan fingerprint density at radius 2 is 2.09 bits per heavy atom. The number of para-hydroxylation sites is 1. The van der Waals surface area contributed by atoms with Crippen LogP contribution >= 0.6 is 22.7 Å². The molecule has 0 unspecified atom stereocenters. The molecule has 32 heavy (non-hydrogen) atoms. The van der Waals surface area contributed by atoms with E-state index in [2.05, 4.69) is 30.1 Å². The normalized spacial score (nSPS) is 13.8. The number of amides is 1. The van der Waals surface area contributed by atoms with Crippen LogP contribution in [0.4, 0.5) is 5.00 Å². The summed E-state index contributed by atoms with van der Waals surface area (Å²) in [6.07, 6.45) is 0.837. The minimum Gasteiger partial charge on any atom is -0.312 e. The first-order valence-electron chi connectivity index (χ1n) is 10.6. The molecule has 4 aromatic rings. The van der Waals surface area contributed by atoms with Gasteiger partial charge in [-0.15, -0.1) is 22.7 Å². The van der Waals surface area contributed by atoms with Gasteiger partial charge in [0.05, 0.1) is 27.2 Å². The molecule has 0 bridgehead atoms. The highest BCUT2D eigenvalue weighted by Crippen LogP contribution is 2.38. The molecule has 5 nitrogen and oxygen atoms in total. The van der Waals surface area contributed by atoms with Crippen molar-refractivity contribution in [2.45, 2.75) is 32.9 Å². The summed E-state index contributed by atoms with van der Waals surface area (Å²) in [6.45, 7) is 6.13. The number of pyridine rings is 1. The van der Waals surface area contributed by atoms with Crippen LogP contribution in [0.1, 0.15) is 40.2 Å². The van der Waals surface area contributed by atoms with Crippen molar-refractivity contribution in [2.75, 3.05) is 11.9 Å². The Labute approximate surface area is 195 Å². The van der Waals surface area contributed by atoms with Crippen molar-refractivity contribution in [1.82, 2.24) is 9.88 Å². The van der Waals surface area contributed by atoms with Crippen molar-refractivity contribution in [3.63, 3.8) is 0 Å². The van der Waals surface area contributed by atoms with Crippen LogP contribution in [0.5, 0.6) is 0 Å². The van der Waals surface area contributed by atoms with Crippen LogP contribution in [0.25, 0.3) is 21.5 Å². The molecule has 1 aliphatic rings. The molecule has 1 amide bonds. The van der Waals surface area contributed by atoms with Crippen molar-refractivity contribution in [3.8, 4) is 16.6 Å². The number of hydrogen-bond donors (Lipinski definition) is 1. The molecule has 0 spiro atoms. The number of thiophene rings is 2. The lowest BCUT2D eigenvalue weighted by Gasteiger charge is -2.30. The third-order valence-electron chi connectivity index (χ3n) is 5.89. The number of nitrogens with one attached hydrogen (secondary N) is 1. The van der Waals surface area contributed by atoms with E-state index in [9.17, 15) is 10.1 Å². The van der Waals surface area contributed by atoms with Gasteiger partial charge >= 0.3 is 0 Å². The molecule has 4 heterocycles. The molecule has 0 fully saturated rings. The number of carbonyl (C=O) groups excluding carboxylic acids is 1. The number of nitriles is 1. The van der Waals surface area contributed by atoms with Crippen LogP contribution in [0.15, 0.2) is 47.8 Å². The molecule has 0 saturated carbocycles. The number of benzene rings is 1. The average Bonchev–Trinajstić information content (AvgIpc) is 3.45. The summed E-state index contributed by atoms with van der Waals surface area (Å²) in [5, 5.41) is 16.4. The highest BCUT2D eigenvalue weighted by molar-refractivity contribution is 7.16. The van der Waals surface area contributed by atoms with Gasteiger partial charge in [-0.25, -0.2) is 4.98 Å². The Kier molecular flexibility index (Phi) is 5.51. The highest BCUT2D eigenvalue weighted by Gasteiger charge is 2.27. The predicted octanol–water partition coefficient (Wildman–Crippen LogP) is 5.92. The third-order valence-corrected chi connectivity index (χ3v) is 7.91. The molecular formula is C25H22N4OS2. The first kappa shape index (κ1) is 20.8. The molecule has 7 heteroatoms. The van der Waals surface area contributed by atoms with E-state index in [1.54, 1.807) is 11.3 Å². The largest absolute Gasteiger partial charge is 0.312 e. The highest BCUT2D eigenvalue weighted by atomic mass is 32.1. The topological polar surface area (TPSA) is 69.0 Å². The van der Waals surface area contributed by atoms with Gasteiger partial charge in [-0.2, -0.15) is 5.26 Å². The van der Waals surface area contributed by atoms with Gasteiger partial charge in [0.1, 0.15) is 11.1 Å². The Balaban J connectivity index is 1.53. The van der Waals surface area contributed by atoms with Crippen LogP contribution in [0.2, 0.25) is 0 Å². The van der Waals surface area contributed by atoms with E-state index in [0.717, 1.165) is 46.5 Å². The Bertz CT molecular complexity index is 1350. The van der Waals surface area contributed by atoms with Crippen LogP contribution in [0.3, 0.4) is 0 Å². The lowest BCUT2D eigenvalue weighted by Crippen LogP contribution is -2.35. The maximum absolute atomic E-state index is 13.5. The zero-order valence-electron chi connectivity index (χ0n) is 17.9. The number of anilines is 1. The second-order valence-electron chi connectivity index (χ2n) is 8.14. The number of fused-ring (bicyclic) bond motifs is 2. The van der Waals surface area contributed by atoms with E-state index in [0.29, 0.717) is 22.2 Å². The second kappa shape index (κ2) is 8.47. The Morgan fingerprint density at radius 1 is 1.25 bits per heavy atom. The summed E-state index contributed by atoms with van der Waals surface area (Å²) in [4.78, 5) is 22.8. The summed E-state index contributed by atoms with van der Waals surface area (Å²) >= 11 is 3.12. The molecule has 1 aromatic carbocycles. The van der Waals surface area contributed by atoms with Crippen LogP contribution in [0, 0.1) is 11.3 Å². The Morgan fingerprint density at radius 3 is 2.84 bits per heavy atom. The average molecular weight is 459 g/mol. The van der Waals surface area contributed by atoms with Gasteiger partial charge in [0, 0.05) is 29.4 Å². The minimum atomic E-state index is -0.211. The maximum atomic E-state index is 13.5. The summed E-state index contributed by atoms with van der Waals surface area (Å²) in [7, 11) is 0. The SMILES string of the molecule is CC(C)N1CCc2c(sc(NC(=O)c3cc(-c4cccs4)nc4ccccc34)c2C#N)C1. The fraction of sp³-hybridized carbons (Fsp3) is 0.240. The van der Waals surface area contributed by atoms with E-state index in [-0.39, 0.29) is 5.91 Å². The number of hydrogen-bond acceptors (Lipinski definition) is 6. The van der Waals surface area contributed by atoms with E-state index in [1.807, 2.05) is 47.8 Å². The summed E-state index contributed by atoms with van der Waals surface area (Å²) in [5.74, 6) is -0.211. The first-order valence-corrected chi connectivity index (χ1v) is 12.3. The third kappa shape index (κ3) is 3.71. The van der Waals surface area contributed by atoms with Gasteiger partial charge < -0.3 is 5.32 Å². The van der Waals surface area contributed by atoms with Crippen LogP contribution in [-0.2, 0) is 13.0 Å². The predicted molar refractivity (Wildman–Crippen MR) is 131 cm³/mol. The van der Waals surface area contributed by atoms with Crippen molar-refractivity contribution >= 4 is 44.5 Å². The zero-order valence-corrected chi connectivity index (χ0v) is 19.5. The zero-order chi connectivity index (χ0) is 22.2. The molecule has 1 aliphatic heterocycles. The standard InChI is InChI=1S/C25H22N4OS2/c1-15(2)29-10-9-17-19(13-26)25(32-23(17)14-29)28-24(30)18-12-21(22-8-5-11-31-22)27-20-7-4-3-6-16(18)20/h3-8,11-12,15H,9-10,14H2,1-2H3,(H,28,30). The van der Waals surface area contributed by atoms with Crippen molar-refractivity contribution < 1.29 is 4.79 Å². The molecular weight excluding hydrogens is 436 g/mol. The maximum Gasteiger partial charge on any atom is 0.257 e. The lowest BCUT2D eigenvalue weighted by molar-refractivity contribution is 0.102. The molecule has 0 atom stereocenters. The molecule has 0 saturated heterocycles. The van der Waals surface area contributed by atoms with E-state index >= 15 is 0 Å². The fourth-order valence-electron chi connectivity index (χ4n) is 4.15. The number of rotatable bonds is 4. The number of aromatic nitrogens is 1. The van der Waals surface area contributed by atoms with E-state index in [4.69, 9.17) is 4.98 Å². The van der Waals surface area contributed by atoms with Crippen molar-refractivity contribution in [1.29, 1.82) is 5.26 Å². The van der Waals surface area contributed by atoms with E-state index < -0.39 is 0 Å². The van der Waals surface area contributed by atoms with E-state index in [1.165, 1.54) is 16.2 Å². The first-order chi connectivity index (χ1) is 15.5. The monoisotopic (exact) mass is 458 g/mol. The van der Waals surface area contributed by atoms with Crippen LogP contribution in [-0.4, -0.2) is 28.4 Å². The summed E-state index contributed by atoms with van der Waals surface area (Å²) in [5.41, 5.74) is 3.82. The summed E-state index contributed by atoms with van der Waals surface area (Å²) < 4.78 is 0. The van der Waals surface area contributed by atoms with Gasteiger partial charge in [0.15, 0.2) is 0 Å². The Hall–Kier alpha value is -3.05. The van der Waals surface area contributed by atoms with Gasteiger partial charge in [-0.05, 0) is 49.4 Å². The quantitative estimate of drug-likeness (QED) is 0.412. The molecule has 0 radical (unpaired) electrons. The molecule has 0 aliphatic carbocycles. The van der Waals surface area contributed by atoms with Gasteiger partial charge in [0.2, 0.25) is 0 Å². The molecule has 3 aromatic heterocycles. The van der Waals surface area contributed by atoms with Gasteiger partial charge in [0.25, 0.3) is 5.91 Å². The smallest absolute Gasteiger partial charge is 0.257 e. The molecule has 1 N–H and O–H groups in total. The van der Waals surface area contributed by atoms with Crippen LogP contribution < -0.4 is 5.32 Å². The van der Waals surface area contributed by atoms with Gasteiger partial charge in [-0.1, -0.05) is 24.3 Å². The number of nitrogens with zero attached hydrogens (tertiary/aromatic N) is 3. The van der Waals surface area contributed by atoms with Crippen molar-refractivity contribution in [3.05, 3.63) is 69.4 Å². The second-order valence-corrected chi connectivity index (χ2v) is 10.2. The minimum absolute atomic E-state index is 0.211. The van der Waals surface area contributed by atoms with Crippen molar-refractivity contribution in [2.24, 2.45) is 0 Å². The fourth-order valence-corrected chi connectivity index (χ4v) is 6.06. The molecule has 160 valence electrons. The van der Waals surface area contributed by atoms with Gasteiger partial charge in [-0.3, -0.25) is 9.69 Å². The number of carbonyl (C=O) groups is 1. The lowest BCUT2D eigenvalue weighted by atomic mass is 10.0. The molecule has 5 rings (SSSR count). The summed E-state index contributed by atoms with van der Waals surface area (Å²) in [6, 6.07) is 16.3.